The first-order chi connectivity index (χ1) is 8.88. The van der Waals surface area contributed by atoms with Crippen molar-refractivity contribution in [1.82, 2.24) is 4.90 Å². The molecule has 3 nitrogen and oxygen atoms in total. The third-order valence-electron chi connectivity index (χ3n) is 3.88. The number of hydrogen-bond acceptors (Lipinski definition) is 2. The zero-order valence-electron chi connectivity index (χ0n) is 13.2. The van der Waals surface area contributed by atoms with E-state index in [0.29, 0.717) is 29.7 Å². The summed E-state index contributed by atoms with van der Waals surface area (Å²) in [6.07, 6.45) is 5.17. The van der Waals surface area contributed by atoms with Crippen LogP contribution < -0.4 is 5.73 Å². The Balaban J connectivity index is 2.46. The second-order valence-corrected chi connectivity index (χ2v) is 7.07. The van der Waals surface area contributed by atoms with Gasteiger partial charge in [-0.1, -0.05) is 27.7 Å². The lowest BCUT2D eigenvalue weighted by Gasteiger charge is -2.30. The highest BCUT2D eigenvalue weighted by Gasteiger charge is 2.24. The summed E-state index contributed by atoms with van der Waals surface area (Å²) >= 11 is 0. The number of amides is 1. The van der Waals surface area contributed by atoms with Crippen molar-refractivity contribution < 1.29 is 4.79 Å². The van der Waals surface area contributed by atoms with E-state index >= 15 is 0 Å². The molecule has 1 saturated carbocycles. The summed E-state index contributed by atoms with van der Waals surface area (Å²) in [7, 11) is 0. The highest BCUT2D eigenvalue weighted by molar-refractivity contribution is 5.76. The summed E-state index contributed by atoms with van der Waals surface area (Å²) < 4.78 is 0. The van der Waals surface area contributed by atoms with Crippen LogP contribution in [0.5, 0.6) is 0 Å². The maximum atomic E-state index is 12.5. The van der Waals surface area contributed by atoms with Gasteiger partial charge in [-0.05, 0) is 43.4 Å². The molecule has 112 valence electrons. The summed E-state index contributed by atoms with van der Waals surface area (Å²) in [5.74, 6) is 2.00. The molecule has 1 fully saturated rings. The van der Waals surface area contributed by atoms with Gasteiger partial charge in [0.2, 0.25) is 5.91 Å². The lowest BCUT2D eigenvalue weighted by atomic mass is 9.84. The highest BCUT2D eigenvalue weighted by Crippen LogP contribution is 2.26. The van der Waals surface area contributed by atoms with Gasteiger partial charge in [-0.3, -0.25) is 4.79 Å². The Morgan fingerprint density at radius 3 is 1.95 bits per heavy atom. The topological polar surface area (TPSA) is 46.3 Å². The Morgan fingerprint density at radius 2 is 1.53 bits per heavy atom. The fraction of sp³-hybridized carbons (Fsp3) is 0.938. The van der Waals surface area contributed by atoms with Gasteiger partial charge in [0.15, 0.2) is 0 Å². The van der Waals surface area contributed by atoms with Crippen molar-refractivity contribution in [3.8, 4) is 0 Å². The number of carbonyl (C=O) groups excluding carboxylic acids is 1. The van der Waals surface area contributed by atoms with Gasteiger partial charge in [0.05, 0.1) is 0 Å². The molecule has 3 heteroatoms. The van der Waals surface area contributed by atoms with E-state index in [4.69, 9.17) is 5.73 Å². The molecular weight excluding hydrogens is 236 g/mol. The van der Waals surface area contributed by atoms with Crippen molar-refractivity contribution in [3.63, 3.8) is 0 Å². The molecule has 1 aliphatic rings. The predicted octanol–water partition coefficient (Wildman–Crippen LogP) is 3.03. The van der Waals surface area contributed by atoms with E-state index in [1.165, 1.54) is 0 Å². The second-order valence-electron chi connectivity index (χ2n) is 7.07. The molecule has 1 rings (SSSR count). The molecule has 0 unspecified atom stereocenters. The Hall–Kier alpha value is -0.570. The normalized spacial score (nSPS) is 23.9. The molecule has 0 saturated heterocycles. The van der Waals surface area contributed by atoms with Crippen LogP contribution in [0.4, 0.5) is 0 Å². The first kappa shape index (κ1) is 16.5. The average Bonchev–Trinajstić information content (AvgIpc) is 2.30. The Labute approximate surface area is 118 Å². The third-order valence-corrected chi connectivity index (χ3v) is 3.88. The first-order valence-electron chi connectivity index (χ1n) is 7.91. The van der Waals surface area contributed by atoms with E-state index in [2.05, 4.69) is 32.6 Å². The lowest BCUT2D eigenvalue weighted by molar-refractivity contribution is -0.133. The number of nitrogens with two attached hydrogens (primary N) is 1. The van der Waals surface area contributed by atoms with Crippen LogP contribution in [0, 0.1) is 17.8 Å². The molecular formula is C16H32N2O. The Morgan fingerprint density at radius 1 is 1.05 bits per heavy atom. The Bertz CT molecular complexity index is 258. The number of rotatable bonds is 6. The van der Waals surface area contributed by atoms with Gasteiger partial charge in [0, 0.05) is 25.6 Å². The summed E-state index contributed by atoms with van der Waals surface area (Å²) in [6.45, 7) is 10.5. The van der Waals surface area contributed by atoms with Gasteiger partial charge >= 0.3 is 0 Å². The second kappa shape index (κ2) is 7.88. The molecule has 0 heterocycles. The molecule has 2 N–H and O–H groups in total. The van der Waals surface area contributed by atoms with Crippen molar-refractivity contribution in [2.45, 2.75) is 65.8 Å². The molecule has 0 radical (unpaired) electrons. The zero-order chi connectivity index (χ0) is 14.4. The van der Waals surface area contributed by atoms with Gasteiger partial charge in [-0.2, -0.15) is 0 Å². The fourth-order valence-corrected chi connectivity index (χ4v) is 2.93. The van der Waals surface area contributed by atoms with E-state index in [-0.39, 0.29) is 0 Å². The minimum Gasteiger partial charge on any atom is -0.342 e. The van der Waals surface area contributed by atoms with Crippen LogP contribution in [0.15, 0.2) is 0 Å². The molecule has 1 amide bonds. The summed E-state index contributed by atoms with van der Waals surface area (Å²) in [6, 6.07) is 0.369. The standard InChI is InChI=1S/C16H32N2O/c1-12(2)10-18(11-13(3)4)16(19)9-14-5-7-15(17)8-6-14/h12-15H,5-11,17H2,1-4H3. The van der Waals surface area contributed by atoms with Gasteiger partial charge in [0.1, 0.15) is 0 Å². The predicted molar refractivity (Wildman–Crippen MR) is 80.8 cm³/mol. The van der Waals surface area contributed by atoms with E-state index in [0.717, 1.165) is 45.2 Å². The van der Waals surface area contributed by atoms with Crippen molar-refractivity contribution in [3.05, 3.63) is 0 Å². The first-order valence-corrected chi connectivity index (χ1v) is 7.91. The third kappa shape index (κ3) is 6.42. The van der Waals surface area contributed by atoms with Crippen LogP contribution >= 0.6 is 0 Å². The number of carbonyl (C=O) groups is 1. The van der Waals surface area contributed by atoms with E-state index in [1.54, 1.807) is 0 Å². The quantitative estimate of drug-likeness (QED) is 0.805. The number of hydrogen-bond donors (Lipinski definition) is 1. The van der Waals surface area contributed by atoms with E-state index in [1.807, 2.05) is 0 Å². The lowest BCUT2D eigenvalue weighted by Crippen LogP contribution is -2.38. The van der Waals surface area contributed by atoms with Crippen molar-refractivity contribution in [2.75, 3.05) is 13.1 Å². The van der Waals surface area contributed by atoms with Gasteiger partial charge in [-0.15, -0.1) is 0 Å². The molecule has 1 aliphatic carbocycles. The molecule has 0 bridgehead atoms. The summed E-state index contributed by atoms with van der Waals surface area (Å²) in [4.78, 5) is 14.5. The minimum absolute atomic E-state index is 0.350. The minimum atomic E-state index is 0.350. The van der Waals surface area contributed by atoms with Crippen molar-refractivity contribution >= 4 is 5.91 Å². The molecule has 0 aliphatic heterocycles. The maximum absolute atomic E-state index is 12.5. The van der Waals surface area contributed by atoms with Crippen LogP contribution in [-0.2, 0) is 4.79 Å². The fourth-order valence-electron chi connectivity index (χ4n) is 2.93. The van der Waals surface area contributed by atoms with Crippen LogP contribution in [0.1, 0.15) is 59.8 Å². The monoisotopic (exact) mass is 268 g/mol. The van der Waals surface area contributed by atoms with Crippen LogP contribution in [0.25, 0.3) is 0 Å². The summed E-state index contributed by atoms with van der Waals surface area (Å²) in [5.41, 5.74) is 5.92. The molecule has 0 aromatic heterocycles. The molecule has 0 aromatic rings. The smallest absolute Gasteiger partial charge is 0.222 e. The molecule has 0 aromatic carbocycles. The highest BCUT2D eigenvalue weighted by atomic mass is 16.2. The van der Waals surface area contributed by atoms with E-state index < -0.39 is 0 Å². The van der Waals surface area contributed by atoms with Gasteiger partial charge < -0.3 is 10.6 Å². The van der Waals surface area contributed by atoms with Crippen LogP contribution in [-0.4, -0.2) is 29.9 Å². The van der Waals surface area contributed by atoms with Crippen LogP contribution in [0.2, 0.25) is 0 Å². The largest absolute Gasteiger partial charge is 0.342 e. The van der Waals surface area contributed by atoms with E-state index in [9.17, 15) is 4.79 Å². The zero-order valence-corrected chi connectivity index (χ0v) is 13.2. The summed E-state index contributed by atoms with van der Waals surface area (Å²) in [5, 5.41) is 0. The van der Waals surface area contributed by atoms with Crippen LogP contribution in [0.3, 0.4) is 0 Å². The maximum Gasteiger partial charge on any atom is 0.222 e. The average molecular weight is 268 g/mol. The Kier molecular flexibility index (Phi) is 6.84. The SMILES string of the molecule is CC(C)CN(CC(C)C)C(=O)CC1CCC(N)CC1. The number of nitrogens with zero attached hydrogens (tertiary/aromatic N) is 1. The van der Waals surface area contributed by atoms with Crippen molar-refractivity contribution in [2.24, 2.45) is 23.5 Å². The van der Waals surface area contributed by atoms with Gasteiger partial charge in [-0.25, -0.2) is 0 Å². The molecule has 0 atom stereocenters. The van der Waals surface area contributed by atoms with Crippen molar-refractivity contribution in [1.29, 1.82) is 0 Å². The molecule has 0 spiro atoms. The molecule has 19 heavy (non-hydrogen) atoms. The van der Waals surface area contributed by atoms with Gasteiger partial charge in [0.25, 0.3) is 0 Å².